The van der Waals surface area contributed by atoms with E-state index in [9.17, 15) is 21.9 Å². The molecular formula is C16H12N2Na3O7S2+3. The van der Waals surface area contributed by atoms with Gasteiger partial charge < -0.3 is 5.11 Å². The van der Waals surface area contributed by atoms with Crippen molar-refractivity contribution in [2.75, 3.05) is 0 Å². The number of phenolic OH excluding ortho intramolecular Hbond substituents is 1. The first-order valence-electron chi connectivity index (χ1n) is 7.28. The second-order valence-corrected chi connectivity index (χ2v) is 8.30. The fourth-order valence-corrected chi connectivity index (χ4v) is 3.33. The molecule has 14 heteroatoms. The summed E-state index contributed by atoms with van der Waals surface area (Å²) in [6.07, 6.45) is 0. The van der Waals surface area contributed by atoms with Crippen LogP contribution in [-0.4, -0.2) is 31.0 Å². The molecule has 0 aliphatic rings. The summed E-state index contributed by atoms with van der Waals surface area (Å²) in [5.74, 6) is -0.208. The Morgan fingerprint density at radius 2 is 1.20 bits per heavy atom. The largest absolute Gasteiger partial charge is 1.00 e. The summed E-state index contributed by atoms with van der Waals surface area (Å²) in [6, 6.07) is 11.4. The van der Waals surface area contributed by atoms with E-state index in [4.69, 9.17) is 9.11 Å². The molecule has 9 nitrogen and oxygen atoms in total. The van der Waals surface area contributed by atoms with Gasteiger partial charge in [0, 0.05) is 5.39 Å². The molecular weight excluding hydrogens is 465 g/mol. The van der Waals surface area contributed by atoms with Gasteiger partial charge in [0.05, 0.1) is 15.5 Å². The number of aromatic hydroxyl groups is 1. The maximum Gasteiger partial charge on any atom is 1.00 e. The molecule has 0 spiro atoms. The number of fused-ring (bicyclic) bond motifs is 1. The van der Waals surface area contributed by atoms with Crippen LogP contribution in [0, 0.1) is 0 Å². The quantitative estimate of drug-likeness (QED) is 0.192. The molecule has 0 aromatic heterocycles. The first-order valence-corrected chi connectivity index (χ1v) is 10.2. The molecule has 0 radical (unpaired) electrons. The molecule has 0 amide bonds. The zero-order chi connectivity index (χ0) is 19.8. The number of phenols is 1. The van der Waals surface area contributed by atoms with Gasteiger partial charge in [-0.25, -0.2) is 0 Å². The summed E-state index contributed by atoms with van der Waals surface area (Å²) in [7, 11) is -8.69. The van der Waals surface area contributed by atoms with Crippen molar-refractivity contribution in [3.63, 3.8) is 0 Å². The monoisotopic (exact) mass is 477 g/mol. The Balaban J connectivity index is 0.00000280. The number of hydrogen-bond acceptors (Lipinski definition) is 7. The topological polar surface area (TPSA) is 154 Å². The zero-order valence-corrected chi connectivity index (χ0v) is 24.0. The normalized spacial score (nSPS) is 11.4. The molecule has 0 heterocycles. The Bertz CT molecular complexity index is 1280. The Morgan fingerprint density at radius 3 is 1.73 bits per heavy atom. The molecule has 140 valence electrons. The molecule has 0 bridgehead atoms. The van der Waals surface area contributed by atoms with Crippen LogP contribution in [0.5, 0.6) is 5.75 Å². The van der Waals surface area contributed by atoms with Gasteiger partial charge in [0.25, 0.3) is 20.2 Å². The van der Waals surface area contributed by atoms with E-state index in [0.717, 1.165) is 18.2 Å². The van der Waals surface area contributed by atoms with Crippen LogP contribution >= 0.6 is 0 Å². The predicted molar refractivity (Wildman–Crippen MR) is 95.9 cm³/mol. The van der Waals surface area contributed by atoms with Crippen LogP contribution in [0.2, 0.25) is 0 Å². The Labute approximate surface area is 239 Å². The van der Waals surface area contributed by atoms with Gasteiger partial charge in [0.15, 0.2) is 0 Å². The molecule has 0 atom stereocenters. The van der Waals surface area contributed by atoms with Crippen molar-refractivity contribution >= 4 is 42.4 Å². The third-order valence-electron chi connectivity index (χ3n) is 3.64. The molecule has 0 aliphatic heterocycles. The Kier molecular flexibility index (Phi) is 11.9. The number of nitrogens with zero attached hydrogens (tertiary/aromatic N) is 2. The van der Waals surface area contributed by atoms with Gasteiger partial charge in [0.2, 0.25) is 0 Å². The standard InChI is InChI=1S/C16H12N2O7S2.3Na/c19-15-8-1-10-9-13(27(23,24)25)6-7-14(10)16(15)18-17-11-2-4-12(5-3-11)26(20,21)22;;;/h1-9,19H,(H,20,21,22)(H,23,24,25);;;/q;3*+1. The molecule has 3 N–H and O–H groups in total. The van der Waals surface area contributed by atoms with Crippen molar-refractivity contribution < 1.29 is 120 Å². The average molecular weight is 477 g/mol. The fraction of sp³-hybridized carbons (Fsp3) is 0. The van der Waals surface area contributed by atoms with Crippen LogP contribution in [0.1, 0.15) is 0 Å². The maximum absolute atomic E-state index is 11.2. The minimum absolute atomic E-state index is 0. The first kappa shape index (κ1) is 30.1. The fourth-order valence-electron chi connectivity index (χ4n) is 2.34. The van der Waals surface area contributed by atoms with Crippen molar-refractivity contribution in [2.24, 2.45) is 10.2 Å². The minimum Gasteiger partial charge on any atom is -0.506 e. The zero-order valence-electron chi connectivity index (χ0n) is 16.4. The van der Waals surface area contributed by atoms with Gasteiger partial charge in [-0.3, -0.25) is 9.11 Å². The summed E-state index contributed by atoms with van der Waals surface area (Å²) >= 11 is 0. The van der Waals surface area contributed by atoms with Crippen LogP contribution in [0.15, 0.2) is 74.6 Å². The van der Waals surface area contributed by atoms with Crippen LogP contribution in [0.25, 0.3) is 10.8 Å². The number of benzene rings is 3. The molecule has 30 heavy (non-hydrogen) atoms. The van der Waals surface area contributed by atoms with Crippen molar-refractivity contribution in [2.45, 2.75) is 9.79 Å². The Hall–Kier alpha value is 0.140. The van der Waals surface area contributed by atoms with E-state index in [1.165, 1.54) is 36.4 Å². The van der Waals surface area contributed by atoms with E-state index in [1.807, 2.05) is 0 Å². The van der Waals surface area contributed by atoms with E-state index in [0.29, 0.717) is 10.8 Å². The molecule has 3 aromatic carbocycles. The van der Waals surface area contributed by atoms with Gasteiger partial charge in [-0.05, 0) is 47.9 Å². The predicted octanol–water partition coefficient (Wildman–Crippen LogP) is -5.53. The summed E-state index contributed by atoms with van der Waals surface area (Å²) in [5.41, 5.74) is 0.321. The molecule has 0 aliphatic carbocycles. The average Bonchev–Trinajstić information content (AvgIpc) is 2.59. The van der Waals surface area contributed by atoms with Gasteiger partial charge in [-0.15, -0.1) is 5.11 Å². The van der Waals surface area contributed by atoms with E-state index in [1.54, 1.807) is 0 Å². The van der Waals surface area contributed by atoms with Crippen LogP contribution < -0.4 is 88.7 Å². The molecule has 0 unspecified atom stereocenters. The van der Waals surface area contributed by atoms with Crippen LogP contribution in [0.3, 0.4) is 0 Å². The summed E-state index contributed by atoms with van der Waals surface area (Å²) in [6.45, 7) is 0. The van der Waals surface area contributed by atoms with Crippen LogP contribution in [-0.2, 0) is 20.2 Å². The Morgan fingerprint density at radius 1 is 0.667 bits per heavy atom. The van der Waals surface area contributed by atoms with Crippen molar-refractivity contribution in [1.29, 1.82) is 0 Å². The summed E-state index contributed by atoms with van der Waals surface area (Å²) < 4.78 is 62.6. The van der Waals surface area contributed by atoms with Gasteiger partial charge in [0.1, 0.15) is 11.4 Å². The SMILES string of the molecule is O=S(=O)(O)c1ccc(N=Nc2c(O)ccc3cc(S(=O)(=O)O)ccc23)cc1.[Na+].[Na+].[Na+]. The molecule has 0 fully saturated rings. The van der Waals surface area contributed by atoms with E-state index >= 15 is 0 Å². The molecule has 0 saturated carbocycles. The molecule has 3 rings (SSSR count). The van der Waals surface area contributed by atoms with Gasteiger partial charge in [-0.1, -0.05) is 12.1 Å². The third kappa shape index (κ3) is 7.34. The number of azo groups is 1. The maximum atomic E-state index is 11.2. The van der Waals surface area contributed by atoms with Gasteiger partial charge >= 0.3 is 88.7 Å². The van der Waals surface area contributed by atoms with Crippen molar-refractivity contribution in [3.05, 3.63) is 54.6 Å². The second-order valence-electron chi connectivity index (χ2n) is 5.46. The summed E-state index contributed by atoms with van der Waals surface area (Å²) in [4.78, 5) is -0.600. The van der Waals surface area contributed by atoms with Crippen LogP contribution in [0.4, 0.5) is 11.4 Å². The minimum atomic E-state index is -4.37. The smallest absolute Gasteiger partial charge is 0.506 e. The molecule has 3 aromatic rings. The van der Waals surface area contributed by atoms with E-state index in [2.05, 4.69) is 10.2 Å². The van der Waals surface area contributed by atoms with Gasteiger partial charge in [-0.2, -0.15) is 21.9 Å². The molecule has 0 saturated heterocycles. The van der Waals surface area contributed by atoms with Crippen molar-refractivity contribution in [1.82, 2.24) is 0 Å². The van der Waals surface area contributed by atoms with E-state index < -0.39 is 20.2 Å². The van der Waals surface area contributed by atoms with Crippen molar-refractivity contribution in [3.8, 4) is 5.75 Å². The second kappa shape index (κ2) is 11.8. The number of hydrogen-bond donors (Lipinski definition) is 3. The summed E-state index contributed by atoms with van der Waals surface area (Å²) in [5, 5.41) is 18.7. The number of rotatable bonds is 4. The third-order valence-corrected chi connectivity index (χ3v) is 5.36. The van der Waals surface area contributed by atoms with E-state index in [-0.39, 0.29) is 116 Å². The first-order chi connectivity index (χ1) is 12.6.